The van der Waals surface area contributed by atoms with Crippen LogP contribution in [0.3, 0.4) is 0 Å². The monoisotopic (exact) mass is 382 g/mol. The molecule has 0 unspecified atom stereocenters. The van der Waals surface area contributed by atoms with Gasteiger partial charge >= 0.3 is 0 Å². The Labute approximate surface area is 165 Å². The molecule has 1 aromatic carbocycles. The number of amides is 1. The lowest BCUT2D eigenvalue weighted by molar-refractivity contribution is -0.127. The van der Waals surface area contributed by atoms with Gasteiger partial charge in [0.25, 0.3) is 0 Å². The lowest BCUT2D eigenvalue weighted by atomic mass is 10.1. The Hall–Kier alpha value is -2.63. The van der Waals surface area contributed by atoms with Crippen molar-refractivity contribution >= 4 is 29.9 Å². The summed E-state index contributed by atoms with van der Waals surface area (Å²) in [5.41, 5.74) is 3.90. The standard InChI is InChI=1S/C21H22N4O.ClH/c1-23-13-15-24(16-14-23)20(26)11-10-18-19-9-5-6-12-25(19)22-21(18)17-7-3-2-4-8-17;/h2-12H,13-16H2,1H3;1H/b11-10+;. The quantitative estimate of drug-likeness (QED) is 0.653. The highest BCUT2D eigenvalue weighted by Crippen LogP contribution is 2.27. The predicted octanol–water partition coefficient (Wildman–Crippen LogP) is 3.21. The third-order valence-electron chi connectivity index (χ3n) is 4.83. The van der Waals surface area contributed by atoms with Crippen LogP contribution >= 0.6 is 12.4 Å². The first kappa shape index (κ1) is 19.1. The van der Waals surface area contributed by atoms with Crippen molar-refractivity contribution in [1.29, 1.82) is 0 Å². The average Bonchev–Trinajstić information content (AvgIpc) is 3.06. The fraction of sp³-hybridized carbons (Fsp3) is 0.238. The van der Waals surface area contributed by atoms with E-state index in [1.165, 1.54) is 0 Å². The zero-order chi connectivity index (χ0) is 17.9. The number of halogens is 1. The van der Waals surface area contributed by atoms with Crippen molar-refractivity contribution in [3.8, 4) is 11.3 Å². The molecule has 3 heterocycles. The van der Waals surface area contributed by atoms with Gasteiger partial charge in [-0.15, -0.1) is 12.4 Å². The van der Waals surface area contributed by atoms with E-state index in [0.717, 1.165) is 48.5 Å². The third-order valence-corrected chi connectivity index (χ3v) is 4.83. The van der Waals surface area contributed by atoms with E-state index in [1.807, 2.05) is 70.2 Å². The topological polar surface area (TPSA) is 40.8 Å². The van der Waals surface area contributed by atoms with Gasteiger partial charge < -0.3 is 9.80 Å². The number of hydrogen-bond donors (Lipinski definition) is 0. The molecule has 1 aliphatic rings. The predicted molar refractivity (Wildman–Crippen MR) is 111 cm³/mol. The average molecular weight is 383 g/mol. The fourth-order valence-electron chi connectivity index (χ4n) is 3.28. The van der Waals surface area contributed by atoms with Crippen molar-refractivity contribution in [3.05, 3.63) is 66.4 Å². The minimum Gasteiger partial charge on any atom is -0.337 e. The molecular weight excluding hydrogens is 360 g/mol. The SMILES string of the molecule is CN1CCN(C(=O)/C=C/c2c(-c3ccccc3)nn3ccccc23)CC1.Cl. The number of benzene rings is 1. The van der Waals surface area contributed by atoms with Crippen LogP contribution in [0.5, 0.6) is 0 Å². The summed E-state index contributed by atoms with van der Waals surface area (Å²) in [6.45, 7) is 3.40. The van der Waals surface area contributed by atoms with Crippen LogP contribution in [0.4, 0.5) is 0 Å². The number of aromatic nitrogens is 2. The van der Waals surface area contributed by atoms with Crippen LogP contribution < -0.4 is 0 Å². The number of fused-ring (bicyclic) bond motifs is 1. The van der Waals surface area contributed by atoms with E-state index in [1.54, 1.807) is 6.08 Å². The summed E-state index contributed by atoms with van der Waals surface area (Å²) < 4.78 is 1.86. The highest BCUT2D eigenvalue weighted by Gasteiger charge is 2.18. The summed E-state index contributed by atoms with van der Waals surface area (Å²) in [5.74, 6) is 0.0624. The number of hydrogen-bond acceptors (Lipinski definition) is 3. The maximum absolute atomic E-state index is 12.6. The Bertz CT molecular complexity index is 943. The summed E-state index contributed by atoms with van der Waals surface area (Å²) in [5, 5.41) is 4.72. The molecule has 1 amide bonds. The minimum atomic E-state index is 0. The van der Waals surface area contributed by atoms with Gasteiger partial charge in [0.05, 0.1) is 5.52 Å². The van der Waals surface area contributed by atoms with Gasteiger partial charge in [-0.1, -0.05) is 36.4 Å². The number of carbonyl (C=O) groups excluding carboxylic acids is 1. The number of piperazine rings is 1. The number of pyridine rings is 1. The maximum Gasteiger partial charge on any atom is 0.246 e. The van der Waals surface area contributed by atoms with Crippen LogP contribution in [-0.4, -0.2) is 58.5 Å². The summed E-state index contributed by atoms with van der Waals surface area (Å²) in [7, 11) is 2.09. The van der Waals surface area contributed by atoms with Crippen LogP contribution in [0.2, 0.25) is 0 Å². The normalized spacial score (nSPS) is 15.2. The largest absolute Gasteiger partial charge is 0.337 e. The molecule has 0 N–H and O–H groups in total. The molecule has 0 radical (unpaired) electrons. The van der Waals surface area contributed by atoms with Crippen LogP contribution in [0.1, 0.15) is 5.56 Å². The molecule has 140 valence electrons. The molecule has 2 aromatic heterocycles. The molecular formula is C21H23ClN4O. The Kier molecular flexibility index (Phi) is 5.94. The second kappa shape index (κ2) is 8.37. The van der Waals surface area contributed by atoms with Gasteiger partial charge in [0, 0.05) is 49.6 Å². The Balaban J connectivity index is 0.00000210. The molecule has 1 fully saturated rings. The van der Waals surface area contributed by atoms with Gasteiger partial charge in [-0.25, -0.2) is 4.52 Å². The number of carbonyl (C=O) groups is 1. The molecule has 0 bridgehead atoms. The van der Waals surface area contributed by atoms with Gasteiger partial charge in [-0.3, -0.25) is 4.79 Å². The molecule has 27 heavy (non-hydrogen) atoms. The third kappa shape index (κ3) is 4.04. The molecule has 1 aliphatic heterocycles. The second-order valence-corrected chi connectivity index (χ2v) is 6.62. The van der Waals surface area contributed by atoms with E-state index in [0.29, 0.717) is 0 Å². The molecule has 0 aliphatic carbocycles. The second-order valence-electron chi connectivity index (χ2n) is 6.62. The highest BCUT2D eigenvalue weighted by molar-refractivity contribution is 5.95. The number of nitrogens with zero attached hydrogens (tertiary/aromatic N) is 4. The van der Waals surface area contributed by atoms with Crippen LogP contribution in [0.15, 0.2) is 60.8 Å². The van der Waals surface area contributed by atoms with Crippen molar-refractivity contribution in [2.75, 3.05) is 33.2 Å². The van der Waals surface area contributed by atoms with Gasteiger partial charge in [0.1, 0.15) is 5.69 Å². The summed E-state index contributed by atoms with van der Waals surface area (Å²) in [4.78, 5) is 16.7. The van der Waals surface area contributed by atoms with E-state index in [-0.39, 0.29) is 18.3 Å². The van der Waals surface area contributed by atoms with Crippen LogP contribution in [0.25, 0.3) is 22.9 Å². The van der Waals surface area contributed by atoms with E-state index in [2.05, 4.69) is 11.9 Å². The summed E-state index contributed by atoms with van der Waals surface area (Å²) >= 11 is 0. The Morgan fingerprint density at radius 2 is 1.70 bits per heavy atom. The molecule has 4 rings (SSSR count). The van der Waals surface area contributed by atoms with Crippen LogP contribution in [-0.2, 0) is 4.79 Å². The van der Waals surface area contributed by atoms with Crippen molar-refractivity contribution in [3.63, 3.8) is 0 Å². The van der Waals surface area contributed by atoms with Gasteiger partial charge in [-0.05, 0) is 25.3 Å². The maximum atomic E-state index is 12.6. The minimum absolute atomic E-state index is 0. The van der Waals surface area contributed by atoms with Crippen LogP contribution in [0, 0.1) is 0 Å². The first-order valence-electron chi connectivity index (χ1n) is 8.91. The van der Waals surface area contributed by atoms with E-state index >= 15 is 0 Å². The highest BCUT2D eigenvalue weighted by atomic mass is 35.5. The van der Waals surface area contributed by atoms with Crippen molar-refractivity contribution in [2.45, 2.75) is 0 Å². The molecule has 3 aromatic rings. The zero-order valence-electron chi connectivity index (χ0n) is 15.3. The molecule has 0 spiro atoms. The Morgan fingerprint density at radius 1 is 1.00 bits per heavy atom. The fourth-order valence-corrected chi connectivity index (χ4v) is 3.28. The van der Waals surface area contributed by atoms with Crippen molar-refractivity contribution < 1.29 is 4.79 Å². The Morgan fingerprint density at radius 3 is 2.44 bits per heavy atom. The van der Waals surface area contributed by atoms with Gasteiger partial charge in [-0.2, -0.15) is 5.10 Å². The first-order valence-corrected chi connectivity index (χ1v) is 8.91. The zero-order valence-corrected chi connectivity index (χ0v) is 16.1. The van der Waals surface area contributed by atoms with E-state index in [4.69, 9.17) is 5.10 Å². The van der Waals surface area contributed by atoms with E-state index in [9.17, 15) is 4.79 Å². The smallest absolute Gasteiger partial charge is 0.246 e. The van der Waals surface area contributed by atoms with Gasteiger partial charge in [0.2, 0.25) is 5.91 Å². The van der Waals surface area contributed by atoms with Crippen molar-refractivity contribution in [2.24, 2.45) is 0 Å². The van der Waals surface area contributed by atoms with E-state index < -0.39 is 0 Å². The summed E-state index contributed by atoms with van der Waals surface area (Å²) in [6.07, 6.45) is 5.52. The summed E-state index contributed by atoms with van der Waals surface area (Å²) in [6, 6.07) is 16.1. The lowest BCUT2D eigenvalue weighted by Crippen LogP contribution is -2.46. The molecule has 1 saturated heterocycles. The number of rotatable bonds is 3. The molecule has 0 saturated carbocycles. The molecule has 5 nitrogen and oxygen atoms in total. The van der Waals surface area contributed by atoms with Crippen molar-refractivity contribution in [1.82, 2.24) is 19.4 Å². The molecule has 0 atom stereocenters. The lowest BCUT2D eigenvalue weighted by Gasteiger charge is -2.31. The number of likely N-dealkylation sites (N-methyl/N-ethyl adjacent to an activating group) is 1. The first-order chi connectivity index (χ1) is 12.7. The molecule has 6 heteroatoms. The van der Waals surface area contributed by atoms with Gasteiger partial charge in [0.15, 0.2) is 0 Å².